The van der Waals surface area contributed by atoms with Gasteiger partial charge in [0.25, 0.3) is 0 Å². The summed E-state index contributed by atoms with van der Waals surface area (Å²) < 4.78 is 6.17. The van der Waals surface area contributed by atoms with Crippen LogP contribution in [-0.4, -0.2) is 50.2 Å². The summed E-state index contributed by atoms with van der Waals surface area (Å²) in [6.45, 7) is 1.80. The first kappa shape index (κ1) is 17.0. The fourth-order valence-corrected chi connectivity index (χ4v) is 3.25. The number of piperidine rings is 1. The van der Waals surface area contributed by atoms with Crippen molar-refractivity contribution in [3.05, 3.63) is 30.1 Å². The Bertz CT molecular complexity index is 988. The maximum absolute atomic E-state index is 12.3. The summed E-state index contributed by atoms with van der Waals surface area (Å²) in [6.07, 6.45) is 4.93. The summed E-state index contributed by atoms with van der Waals surface area (Å²) in [7, 11) is 0. The molecular weight excluding hydrogens is 352 g/mol. The van der Waals surface area contributed by atoms with Crippen LogP contribution in [0.5, 0.6) is 0 Å². The molecule has 1 amide bonds. The molecule has 10 heteroatoms. The Balaban J connectivity index is 1.52. The second kappa shape index (κ2) is 7.06. The van der Waals surface area contributed by atoms with E-state index >= 15 is 0 Å². The molecule has 10 nitrogen and oxygen atoms in total. The van der Waals surface area contributed by atoms with E-state index in [9.17, 15) is 9.59 Å². The Kier molecular flexibility index (Phi) is 4.45. The van der Waals surface area contributed by atoms with Crippen molar-refractivity contribution in [1.82, 2.24) is 20.1 Å². The normalized spacial score (nSPS) is 14.4. The Hall–Kier alpha value is -3.43. The first-order valence-corrected chi connectivity index (χ1v) is 8.68. The lowest BCUT2D eigenvalue weighted by atomic mass is 10.1. The minimum atomic E-state index is -1.14. The number of aromatic nitrogens is 4. The van der Waals surface area contributed by atoms with Crippen LogP contribution in [0.4, 0.5) is 11.4 Å². The van der Waals surface area contributed by atoms with Crippen molar-refractivity contribution in [2.45, 2.75) is 25.8 Å². The van der Waals surface area contributed by atoms with Gasteiger partial charge in [0.15, 0.2) is 16.7 Å². The number of nitrogens with zero attached hydrogens (tertiary/aromatic N) is 5. The third kappa shape index (κ3) is 3.46. The number of nitrogens with one attached hydrogen (secondary N) is 1. The first-order valence-electron chi connectivity index (χ1n) is 8.68. The topological polar surface area (TPSA) is 126 Å². The molecule has 3 aromatic rings. The molecule has 0 bridgehead atoms. The molecule has 0 atom stereocenters. The molecule has 1 aliphatic heterocycles. The third-order valence-corrected chi connectivity index (χ3v) is 4.53. The van der Waals surface area contributed by atoms with Crippen LogP contribution in [0.25, 0.3) is 11.0 Å². The monoisotopic (exact) mass is 370 g/mol. The van der Waals surface area contributed by atoms with Gasteiger partial charge in [-0.2, -0.15) is 5.10 Å². The molecule has 3 heterocycles. The largest absolute Gasteiger partial charge is 0.476 e. The molecule has 0 saturated carbocycles. The van der Waals surface area contributed by atoms with Gasteiger partial charge in [0.05, 0.1) is 11.4 Å². The van der Waals surface area contributed by atoms with Gasteiger partial charge in [-0.3, -0.25) is 9.48 Å². The van der Waals surface area contributed by atoms with Crippen LogP contribution in [0.2, 0.25) is 0 Å². The minimum Gasteiger partial charge on any atom is -0.476 e. The van der Waals surface area contributed by atoms with Crippen LogP contribution in [-0.2, 0) is 11.3 Å². The highest BCUT2D eigenvalue weighted by Crippen LogP contribution is 2.31. The Morgan fingerprint density at radius 1 is 1.11 bits per heavy atom. The van der Waals surface area contributed by atoms with Crippen LogP contribution >= 0.6 is 0 Å². The summed E-state index contributed by atoms with van der Waals surface area (Å²) >= 11 is 0. The number of aromatic carboxylic acids is 1. The number of carbonyl (C=O) groups excluding carboxylic acids is 1. The molecule has 1 fully saturated rings. The van der Waals surface area contributed by atoms with Crippen molar-refractivity contribution in [1.29, 1.82) is 0 Å². The highest BCUT2D eigenvalue weighted by atomic mass is 16.6. The zero-order valence-electron chi connectivity index (χ0n) is 14.5. The highest BCUT2D eigenvalue weighted by Gasteiger charge is 2.19. The van der Waals surface area contributed by atoms with Crippen LogP contribution < -0.4 is 10.2 Å². The number of carbonyl (C=O) groups is 2. The van der Waals surface area contributed by atoms with E-state index in [1.54, 1.807) is 6.07 Å². The van der Waals surface area contributed by atoms with Crippen LogP contribution in [0.15, 0.2) is 29.0 Å². The van der Waals surface area contributed by atoms with Gasteiger partial charge in [0.1, 0.15) is 6.54 Å². The van der Waals surface area contributed by atoms with E-state index in [-0.39, 0.29) is 18.1 Å². The highest BCUT2D eigenvalue weighted by molar-refractivity contribution is 6.02. The Morgan fingerprint density at radius 2 is 1.89 bits per heavy atom. The zero-order valence-corrected chi connectivity index (χ0v) is 14.5. The second-order valence-electron chi connectivity index (χ2n) is 6.39. The Labute approximate surface area is 153 Å². The van der Waals surface area contributed by atoms with Crippen LogP contribution in [0.1, 0.15) is 29.8 Å². The standard InChI is InChI=1S/C17H18N6O4/c24-14(10-23-9-6-12(19-23)17(25)26)18-11-4-5-13(16-15(11)20-27-21-16)22-7-2-1-3-8-22/h4-6,9H,1-3,7-8,10H2,(H,18,24)(H,25,26). The second-order valence-corrected chi connectivity index (χ2v) is 6.39. The van der Waals surface area contributed by atoms with Crippen LogP contribution in [0.3, 0.4) is 0 Å². The Morgan fingerprint density at radius 3 is 2.63 bits per heavy atom. The molecule has 1 aliphatic rings. The molecule has 140 valence electrons. The molecule has 2 aromatic heterocycles. The maximum Gasteiger partial charge on any atom is 0.356 e. The number of fused-ring (bicyclic) bond motifs is 1. The number of carboxylic acid groups (broad SMARTS) is 1. The molecule has 27 heavy (non-hydrogen) atoms. The van der Waals surface area contributed by atoms with Gasteiger partial charge in [0.2, 0.25) is 5.91 Å². The number of carboxylic acids is 1. The average Bonchev–Trinajstić information content (AvgIpc) is 3.32. The van der Waals surface area contributed by atoms with Crippen molar-refractivity contribution >= 4 is 34.3 Å². The van der Waals surface area contributed by atoms with E-state index in [4.69, 9.17) is 9.74 Å². The lowest BCUT2D eigenvalue weighted by Gasteiger charge is -2.28. The molecular formula is C17H18N6O4. The average molecular weight is 370 g/mol. The van der Waals surface area contributed by atoms with Crippen molar-refractivity contribution in [2.75, 3.05) is 23.3 Å². The predicted molar refractivity (Wildman–Crippen MR) is 95.7 cm³/mol. The van der Waals surface area contributed by atoms with Gasteiger partial charge in [-0.1, -0.05) is 0 Å². The molecule has 0 radical (unpaired) electrons. The first-order chi connectivity index (χ1) is 13.1. The van der Waals surface area contributed by atoms with E-state index in [2.05, 4.69) is 25.6 Å². The van der Waals surface area contributed by atoms with Gasteiger partial charge in [-0.05, 0) is 47.8 Å². The van der Waals surface area contributed by atoms with Crippen molar-refractivity contribution < 1.29 is 19.3 Å². The summed E-state index contributed by atoms with van der Waals surface area (Å²) in [4.78, 5) is 25.4. The van der Waals surface area contributed by atoms with Gasteiger partial charge in [-0.25, -0.2) is 9.42 Å². The number of amides is 1. The number of benzene rings is 1. The molecule has 0 spiro atoms. The number of anilines is 2. The number of rotatable bonds is 5. The molecule has 1 saturated heterocycles. The maximum atomic E-state index is 12.3. The van der Waals surface area contributed by atoms with Crippen molar-refractivity contribution in [3.8, 4) is 0 Å². The minimum absolute atomic E-state index is 0.114. The van der Waals surface area contributed by atoms with E-state index < -0.39 is 5.97 Å². The molecule has 0 aliphatic carbocycles. The number of hydrogen-bond donors (Lipinski definition) is 2. The van der Waals surface area contributed by atoms with Gasteiger partial charge >= 0.3 is 5.97 Å². The number of hydrogen-bond acceptors (Lipinski definition) is 7. The van der Waals surface area contributed by atoms with Gasteiger partial charge in [-0.15, -0.1) is 0 Å². The summed E-state index contributed by atoms with van der Waals surface area (Å²) in [5.74, 6) is -1.50. The molecule has 0 unspecified atom stereocenters. The lowest BCUT2D eigenvalue weighted by Crippen LogP contribution is -2.29. The summed E-state index contributed by atoms with van der Waals surface area (Å²) in [5, 5.41) is 23.4. The van der Waals surface area contributed by atoms with Crippen molar-refractivity contribution in [3.63, 3.8) is 0 Å². The van der Waals surface area contributed by atoms with Gasteiger partial charge in [0, 0.05) is 19.3 Å². The lowest BCUT2D eigenvalue weighted by molar-refractivity contribution is -0.116. The molecule has 2 N–H and O–H groups in total. The third-order valence-electron chi connectivity index (χ3n) is 4.53. The summed E-state index contributed by atoms with van der Waals surface area (Å²) in [6, 6.07) is 5.02. The smallest absolute Gasteiger partial charge is 0.356 e. The van der Waals surface area contributed by atoms with Crippen molar-refractivity contribution in [2.24, 2.45) is 0 Å². The van der Waals surface area contributed by atoms with E-state index in [1.807, 2.05) is 6.07 Å². The fraction of sp³-hybridized carbons (Fsp3) is 0.353. The zero-order chi connectivity index (χ0) is 18.8. The quantitative estimate of drug-likeness (QED) is 0.695. The summed E-state index contributed by atoms with van der Waals surface area (Å²) in [5.41, 5.74) is 2.42. The van der Waals surface area contributed by atoms with Gasteiger partial charge < -0.3 is 15.3 Å². The van der Waals surface area contributed by atoms with Crippen LogP contribution in [0, 0.1) is 0 Å². The van der Waals surface area contributed by atoms with E-state index in [1.165, 1.54) is 23.4 Å². The SMILES string of the molecule is O=C(Cn1ccc(C(=O)O)n1)Nc1ccc(N2CCCCC2)c2nonc12. The molecule has 4 rings (SSSR count). The van der Waals surface area contributed by atoms with E-state index in [0.717, 1.165) is 31.6 Å². The van der Waals surface area contributed by atoms with E-state index in [0.29, 0.717) is 16.7 Å². The molecule has 1 aromatic carbocycles. The fourth-order valence-electron chi connectivity index (χ4n) is 3.25. The predicted octanol–water partition coefficient (Wildman–Crippen LogP) is 1.75.